The lowest BCUT2D eigenvalue weighted by atomic mass is 9.77. The Morgan fingerprint density at radius 2 is 1.90 bits per heavy atom. The van der Waals surface area contributed by atoms with Gasteiger partial charge < -0.3 is 10.1 Å². The third-order valence-corrected chi connectivity index (χ3v) is 4.81. The average molecular weight is 293 g/mol. The van der Waals surface area contributed by atoms with Crippen LogP contribution < -0.4 is 10.1 Å². The number of hydrogen-bond acceptors (Lipinski definition) is 2. The Kier molecular flexibility index (Phi) is 5.63. The molecule has 3 heteroatoms. The quantitative estimate of drug-likeness (QED) is 0.849. The summed E-state index contributed by atoms with van der Waals surface area (Å²) < 4.78 is 19.5. The minimum Gasteiger partial charge on any atom is -0.496 e. The maximum Gasteiger partial charge on any atom is 0.131 e. The van der Waals surface area contributed by atoms with Crippen molar-refractivity contribution in [3.8, 4) is 5.75 Å². The lowest BCUT2D eigenvalue weighted by Gasteiger charge is -2.37. The molecule has 1 aromatic carbocycles. The summed E-state index contributed by atoms with van der Waals surface area (Å²) in [6.07, 6.45) is 5.04. The molecule has 3 unspecified atom stereocenters. The maximum atomic E-state index is 14.2. The van der Waals surface area contributed by atoms with Gasteiger partial charge in [0.25, 0.3) is 0 Å². The molecule has 0 radical (unpaired) electrons. The van der Waals surface area contributed by atoms with Crippen molar-refractivity contribution in [2.45, 2.75) is 58.5 Å². The first-order valence-corrected chi connectivity index (χ1v) is 8.13. The van der Waals surface area contributed by atoms with Crippen molar-refractivity contribution in [1.29, 1.82) is 0 Å². The van der Waals surface area contributed by atoms with Crippen molar-refractivity contribution < 1.29 is 9.13 Å². The first-order chi connectivity index (χ1) is 10.0. The maximum absolute atomic E-state index is 14.2. The van der Waals surface area contributed by atoms with Crippen LogP contribution in [0.1, 0.15) is 58.1 Å². The van der Waals surface area contributed by atoms with Crippen molar-refractivity contribution in [3.05, 3.63) is 29.6 Å². The van der Waals surface area contributed by atoms with E-state index in [0.717, 1.165) is 0 Å². The minimum absolute atomic E-state index is 0.0366. The molecular weight excluding hydrogens is 265 g/mol. The topological polar surface area (TPSA) is 21.3 Å². The zero-order valence-corrected chi connectivity index (χ0v) is 13.7. The van der Waals surface area contributed by atoms with Crippen LogP contribution in [-0.2, 0) is 0 Å². The van der Waals surface area contributed by atoms with Crippen LogP contribution in [0.3, 0.4) is 0 Å². The molecule has 1 N–H and O–H groups in total. The highest BCUT2D eigenvalue weighted by atomic mass is 19.1. The molecule has 0 heterocycles. The van der Waals surface area contributed by atoms with Gasteiger partial charge in [0, 0.05) is 17.6 Å². The summed E-state index contributed by atoms with van der Waals surface area (Å²) in [6.45, 7) is 6.62. The summed E-state index contributed by atoms with van der Waals surface area (Å²) >= 11 is 0. The Hall–Kier alpha value is -1.09. The predicted molar refractivity (Wildman–Crippen MR) is 85.1 cm³/mol. The van der Waals surface area contributed by atoms with Gasteiger partial charge in [0.05, 0.1) is 7.11 Å². The van der Waals surface area contributed by atoms with Crippen LogP contribution in [0.4, 0.5) is 4.39 Å². The highest BCUT2D eigenvalue weighted by Gasteiger charge is 2.29. The number of nitrogens with one attached hydrogen (secondary N) is 1. The molecule has 3 atom stereocenters. The largest absolute Gasteiger partial charge is 0.496 e. The molecule has 118 valence electrons. The summed E-state index contributed by atoms with van der Waals surface area (Å²) in [5.41, 5.74) is 0.646. The second kappa shape index (κ2) is 7.26. The van der Waals surface area contributed by atoms with Gasteiger partial charge in [-0.15, -0.1) is 0 Å². The van der Waals surface area contributed by atoms with Crippen LogP contribution in [0.2, 0.25) is 0 Å². The monoisotopic (exact) mass is 293 g/mol. The molecule has 2 nitrogen and oxygen atoms in total. The fourth-order valence-corrected chi connectivity index (χ4v) is 3.68. The van der Waals surface area contributed by atoms with E-state index < -0.39 is 0 Å². The van der Waals surface area contributed by atoms with Gasteiger partial charge in [-0.05, 0) is 43.7 Å². The first kappa shape index (κ1) is 16.3. The van der Waals surface area contributed by atoms with Gasteiger partial charge in [0.15, 0.2) is 0 Å². The summed E-state index contributed by atoms with van der Waals surface area (Å²) in [5, 5.41) is 3.66. The molecule has 2 rings (SSSR count). The van der Waals surface area contributed by atoms with Crippen LogP contribution in [0, 0.1) is 17.7 Å². The van der Waals surface area contributed by atoms with Crippen molar-refractivity contribution >= 4 is 0 Å². The summed E-state index contributed by atoms with van der Waals surface area (Å²) in [7, 11) is 1.60. The number of hydrogen-bond donors (Lipinski definition) is 1. The van der Waals surface area contributed by atoms with Gasteiger partial charge in [0.2, 0.25) is 0 Å². The molecule has 1 aromatic rings. The molecule has 0 bridgehead atoms. The Balaban J connectivity index is 2.15. The van der Waals surface area contributed by atoms with Gasteiger partial charge in [-0.3, -0.25) is 0 Å². The molecule has 0 aromatic heterocycles. The molecular formula is C18H28FNO. The predicted octanol–water partition coefficient (Wildman–Crippen LogP) is 4.70. The second-order valence-corrected chi connectivity index (χ2v) is 6.54. The third kappa shape index (κ3) is 3.76. The number of ether oxygens (including phenoxy) is 1. The minimum atomic E-state index is -0.189. The standard InChI is InChI=1S/C18H28FNO/c1-12(2)14-8-5-6-10-16(14)20-13(3)18-15(19)9-7-11-17(18)21-4/h7,9,11-14,16,20H,5-6,8,10H2,1-4H3. The zero-order valence-electron chi connectivity index (χ0n) is 13.7. The summed E-state index contributed by atoms with van der Waals surface area (Å²) in [4.78, 5) is 0. The Labute approximate surface area is 128 Å². The molecule has 1 aliphatic rings. The number of rotatable bonds is 5. The Morgan fingerprint density at radius 1 is 1.19 bits per heavy atom. The van der Waals surface area contributed by atoms with E-state index in [9.17, 15) is 4.39 Å². The van der Waals surface area contributed by atoms with E-state index in [1.165, 1.54) is 31.7 Å². The average Bonchev–Trinajstić information content (AvgIpc) is 2.47. The Morgan fingerprint density at radius 3 is 2.57 bits per heavy atom. The van der Waals surface area contributed by atoms with Crippen LogP contribution in [0.15, 0.2) is 18.2 Å². The summed E-state index contributed by atoms with van der Waals surface area (Å²) in [5.74, 6) is 1.79. The summed E-state index contributed by atoms with van der Waals surface area (Å²) in [6, 6.07) is 5.47. The number of benzene rings is 1. The van der Waals surface area contributed by atoms with E-state index in [0.29, 0.717) is 29.2 Å². The van der Waals surface area contributed by atoms with Crippen molar-refractivity contribution in [2.75, 3.05) is 7.11 Å². The normalized spacial score (nSPS) is 24.1. The SMILES string of the molecule is COc1cccc(F)c1C(C)NC1CCCCC1C(C)C. The van der Waals surface area contributed by atoms with E-state index in [1.54, 1.807) is 13.2 Å². The zero-order chi connectivity index (χ0) is 15.4. The molecule has 0 amide bonds. The van der Waals surface area contributed by atoms with Crippen LogP contribution in [0.25, 0.3) is 0 Å². The molecule has 1 aliphatic carbocycles. The van der Waals surface area contributed by atoms with E-state index in [-0.39, 0.29) is 11.9 Å². The van der Waals surface area contributed by atoms with E-state index in [4.69, 9.17) is 4.74 Å². The van der Waals surface area contributed by atoms with E-state index >= 15 is 0 Å². The number of halogens is 1. The second-order valence-electron chi connectivity index (χ2n) is 6.54. The molecule has 21 heavy (non-hydrogen) atoms. The van der Waals surface area contributed by atoms with Crippen molar-refractivity contribution in [3.63, 3.8) is 0 Å². The number of methoxy groups -OCH3 is 1. The van der Waals surface area contributed by atoms with E-state index in [2.05, 4.69) is 19.2 Å². The van der Waals surface area contributed by atoms with Crippen LogP contribution in [-0.4, -0.2) is 13.2 Å². The lowest BCUT2D eigenvalue weighted by Crippen LogP contribution is -2.42. The molecule has 0 saturated heterocycles. The van der Waals surface area contributed by atoms with Crippen LogP contribution in [0.5, 0.6) is 5.75 Å². The van der Waals surface area contributed by atoms with Gasteiger partial charge in [-0.1, -0.05) is 32.8 Å². The van der Waals surface area contributed by atoms with Crippen molar-refractivity contribution in [1.82, 2.24) is 5.32 Å². The highest BCUT2D eigenvalue weighted by molar-refractivity contribution is 5.37. The fourth-order valence-electron chi connectivity index (χ4n) is 3.68. The molecule has 1 fully saturated rings. The van der Waals surface area contributed by atoms with E-state index in [1.807, 2.05) is 13.0 Å². The van der Waals surface area contributed by atoms with Gasteiger partial charge in [0.1, 0.15) is 11.6 Å². The van der Waals surface area contributed by atoms with Crippen molar-refractivity contribution in [2.24, 2.45) is 11.8 Å². The van der Waals surface area contributed by atoms with Gasteiger partial charge in [-0.2, -0.15) is 0 Å². The molecule has 0 spiro atoms. The first-order valence-electron chi connectivity index (χ1n) is 8.13. The molecule has 1 saturated carbocycles. The van der Waals surface area contributed by atoms with Gasteiger partial charge >= 0.3 is 0 Å². The lowest BCUT2D eigenvalue weighted by molar-refractivity contribution is 0.193. The third-order valence-electron chi connectivity index (χ3n) is 4.81. The highest BCUT2D eigenvalue weighted by Crippen LogP contribution is 2.34. The smallest absolute Gasteiger partial charge is 0.131 e. The molecule has 0 aliphatic heterocycles. The fraction of sp³-hybridized carbons (Fsp3) is 0.667. The Bertz CT molecular complexity index is 461. The van der Waals surface area contributed by atoms with Gasteiger partial charge in [-0.25, -0.2) is 4.39 Å². The van der Waals surface area contributed by atoms with Crippen LogP contribution >= 0.6 is 0 Å².